The molecule has 0 aliphatic rings. The first-order chi connectivity index (χ1) is 6.72. The predicted molar refractivity (Wildman–Crippen MR) is 60.0 cm³/mol. The minimum atomic E-state index is -0.321. The molecule has 0 radical (unpaired) electrons. The Labute approximate surface area is 90.1 Å². The van der Waals surface area contributed by atoms with Crippen molar-refractivity contribution in [3.05, 3.63) is 34.4 Å². The van der Waals surface area contributed by atoms with Crippen LogP contribution < -0.4 is 5.73 Å². The van der Waals surface area contributed by atoms with Crippen LogP contribution in [-0.2, 0) is 0 Å². The summed E-state index contributed by atoms with van der Waals surface area (Å²) in [6.45, 7) is -0.0422. The zero-order valence-corrected chi connectivity index (χ0v) is 9.08. The van der Waals surface area contributed by atoms with E-state index in [0.717, 1.165) is 20.9 Å². The quantitative estimate of drug-likeness (QED) is 0.767. The number of aliphatic hydroxyl groups is 1. The molecule has 4 N–H and O–H groups in total. The van der Waals surface area contributed by atoms with Crippen molar-refractivity contribution in [1.29, 1.82) is 0 Å². The molecule has 1 aromatic carbocycles. The molecule has 3 nitrogen and oxygen atoms in total. The third kappa shape index (κ3) is 1.56. The van der Waals surface area contributed by atoms with Crippen LogP contribution in [0, 0.1) is 0 Å². The molecule has 1 unspecified atom stereocenters. The Morgan fingerprint density at radius 3 is 3.00 bits per heavy atom. The molecule has 1 atom stereocenters. The monoisotopic (exact) mass is 254 g/mol. The molecule has 4 heteroatoms. The predicted octanol–water partition coefficient (Wildman–Crippen LogP) is 1.92. The molecule has 1 heterocycles. The number of hydrogen-bond donors (Lipinski definition) is 3. The SMILES string of the molecule is NC(CO)c1c[nH]c2ccc(Br)cc12. The lowest BCUT2D eigenvalue weighted by atomic mass is 10.1. The van der Waals surface area contributed by atoms with Crippen LogP contribution in [-0.4, -0.2) is 16.7 Å². The van der Waals surface area contributed by atoms with Crippen molar-refractivity contribution in [2.24, 2.45) is 5.73 Å². The molecule has 0 amide bonds. The number of aromatic nitrogens is 1. The molecule has 14 heavy (non-hydrogen) atoms. The van der Waals surface area contributed by atoms with Gasteiger partial charge in [-0.05, 0) is 23.8 Å². The molecule has 2 rings (SSSR count). The van der Waals surface area contributed by atoms with E-state index in [4.69, 9.17) is 10.8 Å². The second-order valence-corrected chi connectivity index (χ2v) is 4.14. The smallest absolute Gasteiger partial charge is 0.0625 e. The highest BCUT2D eigenvalue weighted by atomic mass is 79.9. The standard InChI is InChI=1S/C10H11BrN2O/c11-6-1-2-10-7(3-6)8(4-13-10)9(12)5-14/h1-4,9,13-14H,5,12H2. The molecular formula is C10H11BrN2O. The lowest BCUT2D eigenvalue weighted by molar-refractivity contribution is 0.268. The van der Waals surface area contributed by atoms with Crippen LogP contribution in [0.5, 0.6) is 0 Å². The third-order valence-corrected chi connectivity index (χ3v) is 2.77. The Morgan fingerprint density at radius 1 is 1.50 bits per heavy atom. The summed E-state index contributed by atoms with van der Waals surface area (Å²) in [6, 6.07) is 5.62. The fourth-order valence-electron chi connectivity index (χ4n) is 1.52. The minimum absolute atomic E-state index is 0.0422. The maximum Gasteiger partial charge on any atom is 0.0625 e. The maximum atomic E-state index is 8.98. The zero-order valence-electron chi connectivity index (χ0n) is 7.50. The minimum Gasteiger partial charge on any atom is -0.394 e. The van der Waals surface area contributed by atoms with Gasteiger partial charge in [-0.3, -0.25) is 0 Å². The summed E-state index contributed by atoms with van der Waals surface area (Å²) >= 11 is 3.41. The normalized spacial score (nSPS) is 13.4. The lowest BCUT2D eigenvalue weighted by Crippen LogP contribution is -2.13. The van der Waals surface area contributed by atoms with E-state index >= 15 is 0 Å². The molecule has 74 valence electrons. The van der Waals surface area contributed by atoms with Gasteiger partial charge in [-0.2, -0.15) is 0 Å². The van der Waals surface area contributed by atoms with Gasteiger partial charge in [0, 0.05) is 21.6 Å². The summed E-state index contributed by atoms with van der Waals surface area (Å²) in [5.74, 6) is 0. The largest absolute Gasteiger partial charge is 0.394 e. The Hall–Kier alpha value is -0.840. The second kappa shape index (κ2) is 3.73. The highest BCUT2D eigenvalue weighted by Gasteiger charge is 2.10. The van der Waals surface area contributed by atoms with Gasteiger partial charge in [0.15, 0.2) is 0 Å². The first kappa shape index (κ1) is 9.71. The van der Waals surface area contributed by atoms with Crippen molar-refractivity contribution >= 4 is 26.8 Å². The van der Waals surface area contributed by atoms with E-state index in [1.54, 1.807) is 0 Å². The molecule has 0 bridgehead atoms. The van der Waals surface area contributed by atoms with E-state index in [9.17, 15) is 0 Å². The Morgan fingerprint density at radius 2 is 2.29 bits per heavy atom. The molecule has 0 aliphatic carbocycles. The van der Waals surface area contributed by atoms with Crippen molar-refractivity contribution in [3.8, 4) is 0 Å². The van der Waals surface area contributed by atoms with Crippen LogP contribution in [0.15, 0.2) is 28.9 Å². The van der Waals surface area contributed by atoms with Crippen molar-refractivity contribution < 1.29 is 5.11 Å². The summed E-state index contributed by atoms with van der Waals surface area (Å²) in [5, 5.41) is 10.0. The number of fused-ring (bicyclic) bond motifs is 1. The van der Waals surface area contributed by atoms with Gasteiger partial charge in [0.05, 0.1) is 12.6 Å². The van der Waals surface area contributed by atoms with E-state index in [1.807, 2.05) is 24.4 Å². The van der Waals surface area contributed by atoms with E-state index in [2.05, 4.69) is 20.9 Å². The lowest BCUT2D eigenvalue weighted by Gasteiger charge is -2.05. The van der Waals surface area contributed by atoms with Gasteiger partial charge in [-0.15, -0.1) is 0 Å². The molecule has 0 saturated heterocycles. The zero-order chi connectivity index (χ0) is 10.1. The van der Waals surface area contributed by atoms with Crippen molar-refractivity contribution in [2.75, 3.05) is 6.61 Å². The van der Waals surface area contributed by atoms with Crippen LogP contribution in [0.4, 0.5) is 0 Å². The van der Waals surface area contributed by atoms with Crippen molar-refractivity contribution in [1.82, 2.24) is 4.98 Å². The summed E-state index contributed by atoms with van der Waals surface area (Å²) in [6.07, 6.45) is 1.85. The number of aliphatic hydroxyl groups excluding tert-OH is 1. The van der Waals surface area contributed by atoms with Crippen LogP contribution in [0.25, 0.3) is 10.9 Å². The van der Waals surface area contributed by atoms with Gasteiger partial charge < -0.3 is 15.8 Å². The average molecular weight is 255 g/mol. The van der Waals surface area contributed by atoms with Gasteiger partial charge in [0.1, 0.15) is 0 Å². The molecule has 2 aromatic rings. The molecular weight excluding hydrogens is 244 g/mol. The van der Waals surface area contributed by atoms with E-state index in [1.165, 1.54) is 0 Å². The van der Waals surface area contributed by atoms with E-state index in [-0.39, 0.29) is 12.6 Å². The van der Waals surface area contributed by atoms with E-state index < -0.39 is 0 Å². The average Bonchev–Trinajstić information content (AvgIpc) is 2.59. The van der Waals surface area contributed by atoms with Crippen molar-refractivity contribution in [2.45, 2.75) is 6.04 Å². The molecule has 0 fully saturated rings. The highest BCUT2D eigenvalue weighted by Crippen LogP contribution is 2.25. The fraction of sp³-hybridized carbons (Fsp3) is 0.200. The Kier molecular flexibility index (Phi) is 2.58. The maximum absolute atomic E-state index is 8.98. The summed E-state index contributed by atoms with van der Waals surface area (Å²) in [5.41, 5.74) is 7.75. The van der Waals surface area contributed by atoms with Crippen LogP contribution in [0.2, 0.25) is 0 Å². The first-order valence-electron chi connectivity index (χ1n) is 4.35. The number of halogens is 1. The fourth-order valence-corrected chi connectivity index (χ4v) is 1.88. The molecule has 0 saturated carbocycles. The molecule has 1 aromatic heterocycles. The number of rotatable bonds is 2. The van der Waals surface area contributed by atoms with Crippen LogP contribution in [0.3, 0.4) is 0 Å². The number of aromatic amines is 1. The summed E-state index contributed by atoms with van der Waals surface area (Å²) < 4.78 is 1.01. The van der Waals surface area contributed by atoms with Crippen molar-refractivity contribution in [3.63, 3.8) is 0 Å². The second-order valence-electron chi connectivity index (χ2n) is 3.22. The van der Waals surface area contributed by atoms with Gasteiger partial charge in [0.2, 0.25) is 0 Å². The topological polar surface area (TPSA) is 62.0 Å². The van der Waals surface area contributed by atoms with E-state index in [0.29, 0.717) is 0 Å². The van der Waals surface area contributed by atoms with Gasteiger partial charge in [-0.25, -0.2) is 0 Å². The van der Waals surface area contributed by atoms with Gasteiger partial charge >= 0.3 is 0 Å². The van der Waals surface area contributed by atoms with Crippen LogP contribution >= 0.6 is 15.9 Å². The Balaban J connectivity index is 2.61. The highest BCUT2D eigenvalue weighted by molar-refractivity contribution is 9.10. The summed E-state index contributed by atoms with van der Waals surface area (Å²) in [7, 11) is 0. The first-order valence-corrected chi connectivity index (χ1v) is 5.14. The molecule has 0 spiro atoms. The number of nitrogens with one attached hydrogen (secondary N) is 1. The third-order valence-electron chi connectivity index (χ3n) is 2.27. The number of hydrogen-bond acceptors (Lipinski definition) is 2. The van der Waals surface area contributed by atoms with Gasteiger partial charge in [-0.1, -0.05) is 15.9 Å². The number of H-pyrrole nitrogens is 1. The Bertz CT molecular complexity index is 452. The number of nitrogens with two attached hydrogens (primary N) is 1. The van der Waals surface area contributed by atoms with Crippen LogP contribution in [0.1, 0.15) is 11.6 Å². The van der Waals surface area contributed by atoms with Gasteiger partial charge in [0.25, 0.3) is 0 Å². The number of benzene rings is 1. The molecule has 0 aliphatic heterocycles. The summed E-state index contributed by atoms with van der Waals surface area (Å²) in [4.78, 5) is 3.12.